The minimum atomic E-state index is -1.09. The molecule has 0 N–H and O–H groups in total. The van der Waals surface area contributed by atoms with Crippen LogP contribution < -0.4 is 0 Å². The highest BCUT2D eigenvalue weighted by Gasteiger charge is 2.24. The molecule has 1 rings (SSSR count). The van der Waals surface area contributed by atoms with Gasteiger partial charge in [-0.2, -0.15) is 0 Å². The van der Waals surface area contributed by atoms with Crippen LogP contribution in [0.25, 0.3) is 0 Å². The molecule has 0 fully saturated rings. The van der Waals surface area contributed by atoms with Gasteiger partial charge >= 0.3 is 0 Å². The summed E-state index contributed by atoms with van der Waals surface area (Å²) in [5, 5.41) is 0. The van der Waals surface area contributed by atoms with Gasteiger partial charge in [0.1, 0.15) is 6.10 Å². The van der Waals surface area contributed by atoms with E-state index < -0.39 is 23.5 Å². The molecule has 1 aromatic rings. The average molecular weight is 242 g/mol. The average Bonchev–Trinajstić information content (AvgIpc) is 2.32. The van der Waals surface area contributed by atoms with Crippen molar-refractivity contribution in [3.63, 3.8) is 0 Å². The van der Waals surface area contributed by atoms with E-state index in [1.54, 1.807) is 0 Å². The Morgan fingerprint density at radius 1 is 1.35 bits per heavy atom. The summed E-state index contributed by atoms with van der Waals surface area (Å²) in [5.41, 5.74) is -0.0584. The standard InChI is InChI=1S/C13H16F2O2/c1-4-5-10(17-3)13(16)9-7-6-8(2)11(14)12(9)15/h6-7,10H,4-5H2,1-3H3. The Morgan fingerprint density at radius 2 is 2.00 bits per heavy atom. The van der Waals surface area contributed by atoms with Gasteiger partial charge in [-0.3, -0.25) is 4.79 Å². The third kappa shape index (κ3) is 2.88. The fourth-order valence-corrected chi connectivity index (χ4v) is 1.63. The summed E-state index contributed by atoms with van der Waals surface area (Å²) in [6, 6.07) is 2.70. The highest BCUT2D eigenvalue weighted by molar-refractivity contribution is 5.99. The molecule has 0 radical (unpaired) electrons. The summed E-state index contributed by atoms with van der Waals surface area (Å²) in [4.78, 5) is 11.9. The van der Waals surface area contributed by atoms with E-state index >= 15 is 0 Å². The van der Waals surface area contributed by atoms with Crippen LogP contribution in [-0.2, 0) is 4.74 Å². The molecule has 94 valence electrons. The molecule has 1 aromatic carbocycles. The predicted molar refractivity (Wildman–Crippen MR) is 61.1 cm³/mol. The molecule has 0 aromatic heterocycles. The zero-order chi connectivity index (χ0) is 13.0. The van der Waals surface area contributed by atoms with Gasteiger partial charge in [0, 0.05) is 7.11 Å². The fraction of sp³-hybridized carbons (Fsp3) is 0.462. The number of methoxy groups -OCH3 is 1. The molecule has 0 aliphatic rings. The molecule has 0 aliphatic heterocycles. The second-order valence-corrected chi connectivity index (χ2v) is 3.94. The maximum Gasteiger partial charge on any atom is 0.194 e. The topological polar surface area (TPSA) is 26.3 Å². The summed E-state index contributed by atoms with van der Waals surface area (Å²) in [6.07, 6.45) is 0.515. The van der Waals surface area contributed by atoms with Gasteiger partial charge in [0.2, 0.25) is 0 Å². The van der Waals surface area contributed by atoms with Crippen molar-refractivity contribution in [3.05, 3.63) is 34.9 Å². The van der Waals surface area contributed by atoms with Crippen molar-refractivity contribution in [2.75, 3.05) is 7.11 Å². The van der Waals surface area contributed by atoms with E-state index in [0.29, 0.717) is 6.42 Å². The fourth-order valence-electron chi connectivity index (χ4n) is 1.63. The first-order valence-electron chi connectivity index (χ1n) is 5.54. The SMILES string of the molecule is CCCC(OC)C(=O)c1ccc(C)c(F)c1F. The number of carbonyl (C=O) groups excluding carboxylic acids is 1. The predicted octanol–water partition coefficient (Wildman–Crippen LogP) is 3.27. The molecule has 1 unspecified atom stereocenters. The molecule has 0 amide bonds. The van der Waals surface area contributed by atoms with Crippen molar-refractivity contribution in [2.24, 2.45) is 0 Å². The van der Waals surface area contributed by atoms with E-state index in [2.05, 4.69) is 0 Å². The van der Waals surface area contributed by atoms with Crippen LogP contribution in [0, 0.1) is 18.6 Å². The Labute approximate surface area is 99.6 Å². The Bertz CT molecular complexity index is 416. The molecule has 17 heavy (non-hydrogen) atoms. The van der Waals surface area contributed by atoms with Gasteiger partial charge in [-0.1, -0.05) is 19.4 Å². The largest absolute Gasteiger partial charge is 0.373 e. The third-order valence-electron chi connectivity index (χ3n) is 2.67. The van der Waals surface area contributed by atoms with Crippen molar-refractivity contribution in [3.8, 4) is 0 Å². The number of carbonyl (C=O) groups is 1. The van der Waals surface area contributed by atoms with Gasteiger partial charge < -0.3 is 4.74 Å². The molecule has 0 spiro atoms. The molecular formula is C13H16F2O2. The van der Waals surface area contributed by atoms with Crippen molar-refractivity contribution >= 4 is 5.78 Å². The van der Waals surface area contributed by atoms with Crippen molar-refractivity contribution in [2.45, 2.75) is 32.8 Å². The lowest BCUT2D eigenvalue weighted by Gasteiger charge is -2.14. The molecule has 4 heteroatoms. The minimum absolute atomic E-state index is 0.184. The molecule has 2 nitrogen and oxygen atoms in total. The van der Waals surface area contributed by atoms with Gasteiger partial charge in [-0.15, -0.1) is 0 Å². The lowest BCUT2D eigenvalue weighted by molar-refractivity contribution is 0.0573. The summed E-state index contributed by atoms with van der Waals surface area (Å²) in [5.74, 6) is -2.57. The summed E-state index contributed by atoms with van der Waals surface area (Å²) < 4.78 is 31.9. The van der Waals surface area contributed by atoms with E-state index in [1.807, 2.05) is 6.92 Å². The van der Waals surface area contributed by atoms with Gasteiger partial charge in [-0.05, 0) is 25.0 Å². The highest BCUT2D eigenvalue weighted by Crippen LogP contribution is 2.19. The molecule has 0 saturated heterocycles. The van der Waals surface area contributed by atoms with Gasteiger partial charge in [0.15, 0.2) is 17.4 Å². The number of ketones is 1. The first-order valence-corrected chi connectivity index (χ1v) is 5.54. The Balaban J connectivity index is 3.08. The molecule has 0 heterocycles. The van der Waals surface area contributed by atoms with E-state index in [-0.39, 0.29) is 11.1 Å². The normalized spacial score (nSPS) is 12.5. The highest BCUT2D eigenvalue weighted by atomic mass is 19.2. The van der Waals surface area contributed by atoms with Gasteiger partial charge in [0.05, 0.1) is 5.56 Å². The lowest BCUT2D eigenvalue weighted by atomic mass is 10.0. The third-order valence-corrected chi connectivity index (χ3v) is 2.67. The second kappa shape index (κ2) is 5.87. The molecule has 0 bridgehead atoms. The number of hydrogen-bond acceptors (Lipinski definition) is 2. The van der Waals surface area contributed by atoms with Crippen LogP contribution in [0.1, 0.15) is 35.7 Å². The smallest absolute Gasteiger partial charge is 0.194 e. The quantitative estimate of drug-likeness (QED) is 0.741. The monoisotopic (exact) mass is 242 g/mol. The molecular weight excluding hydrogens is 226 g/mol. The summed E-state index contributed by atoms with van der Waals surface area (Å²) in [6.45, 7) is 3.35. The van der Waals surface area contributed by atoms with Crippen molar-refractivity contribution < 1.29 is 18.3 Å². The number of Topliss-reactive ketones (excluding diaryl/α,β-unsaturated/α-hetero) is 1. The van der Waals surface area contributed by atoms with Crippen LogP contribution in [0.15, 0.2) is 12.1 Å². The minimum Gasteiger partial charge on any atom is -0.373 e. The van der Waals surface area contributed by atoms with Gasteiger partial charge in [-0.25, -0.2) is 8.78 Å². The number of ether oxygens (including phenoxy) is 1. The van der Waals surface area contributed by atoms with Crippen LogP contribution in [0.3, 0.4) is 0 Å². The number of halogens is 2. The summed E-state index contributed by atoms with van der Waals surface area (Å²) >= 11 is 0. The van der Waals surface area contributed by atoms with E-state index in [4.69, 9.17) is 4.74 Å². The molecule has 0 aliphatic carbocycles. The van der Waals surface area contributed by atoms with Crippen LogP contribution in [0.2, 0.25) is 0 Å². The Kier molecular flexibility index (Phi) is 4.75. The summed E-state index contributed by atoms with van der Waals surface area (Å²) in [7, 11) is 1.39. The van der Waals surface area contributed by atoms with E-state index in [0.717, 1.165) is 6.42 Å². The van der Waals surface area contributed by atoms with E-state index in [1.165, 1.54) is 26.2 Å². The number of benzene rings is 1. The van der Waals surface area contributed by atoms with Crippen molar-refractivity contribution in [1.82, 2.24) is 0 Å². The first kappa shape index (κ1) is 13.8. The van der Waals surface area contributed by atoms with Crippen molar-refractivity contribution in [1.29, 1.82) is 0 Å². The number of rotatable bonds is 5. The second-order valence-electron chi connectivity index (χ2n) is 3.94. The number of hydrogen-bond donors (Lipinski definition) is 0. The van der Waals surface area contributed by atoms with Crippen LogP contribution in [-0.4, -0.2) is 19.0 Å². The number of aryl methyl sites for hydroxylation is 1. The zero-order valence-corrected chi connectivity index (χ0v) is 10.2. The lowest BCUT2D eigenvalue weighted by Crippen LogP contribution is -2.24. The first-order chi connectivity index (χ1) is 8.02. The van der Waals surface area contributed by atoms with Crippen LogP contribution in [0.4, 0.5) is 8.78 Å². The van der Waals surface area contributed by atoms with Crippen LogP contribution >= 0.6 is 0 Å². The zero-order valence-electron chi connectivity index (χ0n) is 10.2. The van der Waals surface area contributed by atoms with Crippen LogP contribution in [0.5, 0.6) is 0 Å². The Hall–Kier alpha value is -1.29. The van der Waals surface area contributed by atoms with Gasteiger partial charge in [0.25, 0.3) is 0 Å². The molecule has 1 atom stereocenters. The maximum atomic E-state index is 13.6. The Morgan fingerprint density at radius 3 is 2.53 bits per heavy atom. The maximum absolute atomic E-state index is 13.6. The van der Waals surface area contributed by atoms with E-state index in [9.17, 15) is 13.6 Å². The molecule has 0 saturated carbocycles.